The number of benzene rings is 1. The van der Waals surface area contributed by atoms with Gasteiger partial charge >= 0.3 is 5.97 Å². The second kappa shape index (κ2) is 12.9. The molecular formula is C28H37ClN4O6S2. The van der Waals surface area contributed by atoms with E-state index in [0.717, 1.165) is 53.7 Å². The Morgan fingerprint density at radius 1 is 1.10 bits per heavy atom. The number of thiophene rings is 1. The number of ether oxygens (including phenoxy) is 1. The van der Waals surface area contributed by atoms with Gasteiger partial charge in [0.05, 0.1) is 19.1 Å². The number of hydrogen-bond donors (Lipinski definition) is 1. The first-order valence-corrected chi connectivity index (χ1v) is 17.0. The highest BCUT2D eigenvalue weighted by atomic mass is 35.5. The summed E-state index contributed by atoms with van der Waals surface area (Å²) < 4.78 is 35.0. The Hall–Kier alpha value is -2.25. The number of halogens is 1. The van der Waals surface area contributed by atoms with Crippen molar-refractivity contribution in [1.29, 1.82) is 0 Å². The Morgan fingerprint density at radius 2 is 1.88 bits per heavy atom. The summed E-state index contributed by atoms with van der Waals surface area (Å²) in [5.74, 6) is -0.778. The van der Waals surface area contributed by atoms with E-state index in [4.69, 9.17) is 16.3 Å². The van der Waals surface area contributed by atoms with E-state index in [0.29, 0.717) is 50.7 Å². The van der Waals surface area contributed by atoms with Crippen LogP contribution in [0.5, 0.6) is 0 Å². The quantitative estimate of drug-likeness (QED) is 0.426. The van der Waals surface area contributed by atoms with Crippen molar-refractivity contribution in [3.05, 3.63) is 29.3 Å². The highest BCUT2D eigenvalue weighted by Crippen LogP contribution is 2.31. The van der Waals surface area contributed by atoms with Gasteiger partial charge in [-0.3, -0.25) is 14.4 Å². The summed E-state index contributed by atoms with van der Waals surface area (Å²) in [7, 11) is -3.93. The van der Waals surface area contributed by atoms with Gasteiger partial charge in [0, 0.05) is 41.9 Å². The zero-order chi connectivity index (χ0) is 29.1. The molecule has 224 valence electrons. The molecule has 2 aromatic rings. The molecule has 41 heavy (non-hydrogen) atoms. The lowest BCUT2D eigenvalue weighted by Gasteiger charge is -2.37. The molecule has 1 unspecified atom stereocenters. The molecule has 2 amide bonds. The summed E-state index contributed by atoms with van der Waals surface area (Å²) in [6.45, 7) is 5.37. The summed E-state index contributed by atoms with van der Waals surface area (Å²) in [6.07, 6.45) is 4.48. The van der Waals surface area contributed by atoms with Crippen molar-refractivity contribution in [3.63, 3.8) is 0 Å². The molecule has 1 aromatic heterocycles. The van der Waals surface area contributed by atoms with Gasteiger partial charge in [0.1, 0.15) is 10.3 Å². The van der Waals surface area contributed by atoms with Crippen LogP contribution >= 0.6 is 22.9 Å². The third-order valence-corrected chi connectivity index (χ3v) is 11.5. The summed E-state index contributed by atoms with van der Waals surface area (Å²) in [6, 6.07) is 5.86. The van der Waals surface area contributed by atoms with Crippen LogP contribution in [0.2, 0.25) is 5.02 Å². The molecule has 3 fully saturated rings. The van der Waals surface area contributed by atoms with E-state index in [2.05, 4.69) is 9.62 Å². The maximum Gasteiger partial charge on any atom is 0.310 e. The number of carbonyl (C=O) groups is 3. The lowest BCUT2D eigenvalue weighted by molar-refractivity contribution is -0.150. The van der Waals surface area contributed by atoms with Gasteiger partial charge in [-0.15, -0.1) is 11.3 Å². The standard InChI is InChI=1S/C28H37ClN4O6S2/c1-2-39-28(36)19-6-3-11-31(16-19)17-22-7-4-13-33(22)25(34)18-32-12-5-8-23(27(32)35)30-41(37,38)26-15-20-14-21(29)9-10-24(20)40-26/h9-10,14-15,19,22-23,30H,2-8,11-13,16-18H2,1H3/t19?,22-,23-/m0/s1. The highest BCUT2D eigenvalue weighted by Gasteiger charge is 2.37. The predicted octanol–water partition coefficient (Wildman–Crippen LogP) is 3.09. The molecule has 3 atom stereocenters. The summed E-state index contributed by atoms with van der Waals surface area (Å²) in [4.78, 5) is 44.6. The number of rotatable bonds is 9. The van der Waals surface area contributed by atoms with E-state index in [1.165, 1.54) is 4.90 Å². The molecular weight excluding hydrogens is 588 g/mol. The zero-order valence-corrected chi connectivity index (χ0v) is 25.6. The van der Waals surface area contributed by atoms with Gasteiger partial charge in [-0.1, -0.05) is 11.6 Å². The first-order valence-electron chi connectivity index (χ1n) is 14.3. The smallest absolute Gasteiger partial charge is 0.310 e. The Bertz CT molecular complexity index is 1400. The molecule has 0 spiro atoms. The topological polar surface area (TPSA) is 116 Å². The number of nitrogens with zero attached hydrogens (tertiary/aromatic N) is 3. The van der Waals surface area contributed by atoms with Crippen LogP contribution in [-0.2, 0) is 29.1 Å². The number of likely N-dealkylation sites (tertiary alicyclic amines) is 3. The lowest BCUT2D eigenvalue weighted by Crippen LogP contribution is -2.55. The molecule has 1 N–H and O–H groups in total. The van der Waals surface area contributed by atoms with E-state index < -0.39 is 16.1 Å². The van der Waals surface area contributed by atoms with Crippen molar-refractivity contribution < 1.29 is 27.5 Å². The van der Waals surface area contributed by atoms with E-state index in [-0.39, 0.29) is 40.5 Å². The minimum atomic E-state index is -3.93. The zero-order valence-electron chi connectivity index (χ0n) is 23.2. The van der Waals surface area contributed by atoms with E-state index >= 15 is 0 Å². The molecule has 5 rings (SSSR count). The van der Waals surface area contributed by atoms with Crippen LogP contribution in [-0.4, -0.2) is 98.9 Å². The average molecular weight is 625 g/mol. The normalized spacial score (nSPS) is 24.2. The summed E-state index contributed by atoms with van der Waals surface area (Å²) >= 11 is 7.17. The highest BCUT2D eigenvalue weighted by molar-refractivity contribution is 7.91. The predicted molar refractivity (Wildman–Crippen MR) is 157 cm³/mol. The molecule has 3 aliphatic rings. The fourth-order valence-electron chi connectivity index (χ4n) is 6.15. The van der Waals surface area contributed by atoms with Gasteiger partial charge in [0.25, 0.3) is 10.0 Å². The Kier molecular flexibility index (Phi) is 9.54. The molecule has 0 aliphatic carbocycles. The molecule has 3 aliphatic heterocycles. The number of fused-ring (bicyclic) bond motifs is 1. The summed E-state index contributed by atoms with van der Waals surface area (Å²) in [5.41, 5.74) is 0. The number of piperidine rings is 2. The number of carbonyl (C=O) groups excluding carboxylic acids is 3. The average Bonchev–Trinajstić information content (AvgIpc) is 3.58. The van der Waals surface area contributed by atoms with Crippen LogP contribution in [0, 0.1) is 5.92 Å². The fourth-order valence-corrected chi connectivity index (χ4v) is 8.95. The van der Waals surface area contributed by atoms with Crippen molar-refractivity contribution in [3.8, 4) is 0 Å². The molecule has 13 heteroatoms. The minimum Gasteiger partial charge on any atom is -0.466 e. The lowest BCUT2D eigenvalue weighted by atomic mass is 9.97. The number of sulfonamides is 1. The van der Waals surface area contributed by atoms with Crippen molar-refractivity contribution in [2.75, 3.05) is 45.9 Å². The Morgan fingerprint density at radius 3 is 2.68 bits per heavy atom. The van der Waals surface area contributed by atoms with Gasteiger partial charge < -0.3 is 19.4 Å². The first kappa shape index (κ1) is 30.2. The van der Waals surface area contributed by atoms with Gasteiger partial charge in [-0.2, -0.15) is 4.72 Å². The van der Waals surface area contributed by atoms with E-state index in [1.807, 2.05) is 11.8 Å². The molecule has 4 heterocycles. The van der Waals surface area contributed by atoms with Gasteiger partial charge in [-0.05, 0) is 81.6 Å². The van der Waals surface area contributed by atoms with Crippen LogP contribution in [0.25, 0.3) is 10.1 Å². The second-order valence-electron chi connectivity index (χ2n) is 11.1. The summed E-state index contributed by atoms with van der Waals surface area (Å²) in [5, 5.41) is 1.25. The van der Waals surface area contributed by atoms with Crippen molar-refractivity contribution in [2.24, 2.45) is 5.92 Å². The SMILES string of the molecule is CCOC(=O)C1CCCN(C[C@@H]2CCCN2C(=O)CN2CCC[C@H](NS(=O)(=O)c3cc4cc(Cl)ccc4s3)C2=O)C1. The van der Waals surface area contributed by atoms with Crippen LogP contribution < -0.4 is 4.72 Å². The maximum absolute atomic E-state index is 13.4. The third-order valence-electron chi connectivity index (χ3n) is 8.17. The van der Waals surface area contributed by atoms with Crippen molar-refractivity contribution in [2.45, 2.75) is 61.7 Å². The molecule has 3 saturated heterocycles. The molecule has 0 bridgehead atoms. The first-order chi connectivity index (χ1) is 19.6. The van der Waals surface area contributed by atoms with E-state index in [9.17, 15) is 22.8 Å². The Balaban J connectivity index is 1.18. The number of nitrogens with one attached hydrogen (secondary N) is 1. The fraction of sp³-hybridized carbons (Fsp3) is 0.607. The molecule has 0 radical (unpaired) electrons. The van der Waals surface area contributed by atoms with Crippen molar-refractivity contribution in [1.82, 2.24) is 19.4 Å². The number of hydrogen-bond acceptors (Lipinski definition) is 8. The van der Waals surface area contributed by atoms with Crippen LogP contribution in [0.4, 0.5) is 0 Å². The second-order valence-corrected chi connectivity index (χ2v) is 14.5. The maximum atomic E-state index is 13.4. The van der Waals surface area contributed by atoms with E-state index in [1.54, 1.807) is 24.3 Å². The molecule has 10 nitrogen and oxygen atoms in total. The van der Waals surface area contributed by atoms with Gasteiger partial charge in [0.2, 0.25) is 11.8 Å². The monoisotopic (exact) mass is 624 g/mol. The van der Waals surface area contributed by atoms with Crippen LogP contribution in [0.3, 0.4) is 0 Å². The number of amides is 2. The van der Waals surface area contributed by atoms with Gasteiger partial charge in [0.15, 0.2) is 0 Å². The van der Waals surface area contributed by atoms with Crippen molar-refractivity contribution >= 4 is 60.8 Å². The van der Waals surface area contributed by atoms with Gasteiger partial charge in [-0.25, -0.2) is 8.42 Å². The number of esters is 1. The molecule has 0 saturated carbocycles. The minimum absolute atomic E-state index is 0.0269. The van der Waals surface area contributed by atoms with Crippen LogP contribution in [0.15, 0.2) is 28.5 Å². The molecule has 1 aromatic carbocycles. The largest absolute Gasteiger partial charge is 0.466 e. The Labute approximate surface area is 250 Å². The third kappa shape index (κ3) is 7.05. The van der Waals surface area contributed by atoms with Crippen LogP contribution in [0.1, 0.15) is 45.4 Å².